The molecule has 0 amide bonds. The van der Waals surface area contributed by atoms with Gasteiger partial charge in [-0.3, -0.25) is 4.90 Å². The summed E-state index contributed by atoms with van der Waals surface area (Å²) in [6, 6.07) is 0.989. The largest absolute Gasteiger partial charge is 0.326 e. The quantitative estimate of drug-likeness (QED) is 0.779. The van der Waals surface area contributed by atoms with E-state index in [1.54, 1.807) is 0 Å². The average molecular weight is 281 g/mol. The average Bonchev–Trinajstić information content (AvgIpc) is 2.95. The van der Waals surface area contributed by atoms with Gasteiger partial charge in [0.25, 0.3) is 0 Å². The van der Waals surface area contributed by atoms with Gasteiger partial charge in [0.1, 0.15) is 0 Å². The Bertz CT molecular complexity index is 255. The summed E-state index contributed by atoms with van der Waals surface area (Å²) in [6.07, 6.45) is 9.19. The lowest BCUT2D eigenvalue weighted by Crippen LogP contribution is -2.51. The highest BCUT2D eigenvalue weighted by atomic mass is 15.2. The number of nitrogens with zero attached hydrogens (tertiary/aromatic N) is 2. The van der Waals surface area contributed by atoms with E-state index in [1.807, 2.05) is 0 Å². The highest BCUT2D eigenvalue weighted by molar-refractivity contribution is 4.85. The zero-order chi connectivity index (χ0) is 14.4. The van der Waals surface area contributed by atoms with E-state index in [1.165, 1.54) is 77.7 Å². The molecule has 2 atom stereocenters. The normalized spacial score (nSPS) is 25.9. The fourth-order valence-corrected chi connectivity index (χ4v) is 4.15. The van der Waals surface area contributed by atoms with E-state index in [0.29, 0.717) is 12.1 Å². The van der Waals surface area contributed by atoms with Crippen molar-refractivity contribution in [2.75, 3.05) is 32.7 Å². The molecule has 0 saturated carbocycles. The molecule has 3 nitrogen and oxygen atoms in total. The van der Waals surface area contributed by atoms with E-state index in [9.17, 15) is 0 Å². The van der Waals surface area contributed by atoms with Gasteiger partial charge in [-0.2, -0.15) is 0 Å². The van der Waals surface area contributed by atoms with Crippen LogP contribution in [0.15, 0.2) is 0 Å². The second kappa shape index (κ2) is 8.35. The van der Waals surface area contributed by atoms with Gasteiger partial charge in [-0.1, -0.05) is 20.3 Å². The first kappa shape index (κ1) is 16.3. The molecule has 0 bridgehead atoms. The van der Waals surface area contributed by atoms with Crippen molar-refractivity contribution in [3.8, 4) is 0 Å². The predicted octanol–water partition coefficient (Wildman–Crippen LogP) is 2.70. The predicted molar refractivity (Wildman–Crippen MR) is 86.9 cm³/mol. The molecule has 2 heterocycles. The molecule has 2 aliphatic rings. The lowest BCUT2D eigenvalue weighted by molar-refractivity contribution is 0.0973. The van der Waals surface area contributed by atoms with E-state index < -0.39 is 0 Å². The molecule has 2 unspecified atom stereocenters. The number of hydrogen-bond acceptors (Lipinski definition) is 3. The standard InChI is InChI=1S/C17H35N3/c1-3-7-16(18)17(4-2)20-12-8-15(9-13-20)14-19-10-5-6-11-19/h15-17H,3-14,18H2,1-2H3. The Labute approximate surface area is 125 Å². The summed E-state index contributed by atoms with van der Waals surface area (Å²) in [4.78, 5) is 5.36. The second-order valence-electron chi connectivity index (χ2n) is 6.92. The Hall–Kier alpha value is -0.120. The van der Waals surface area contributed by atoms with E-state index >= 15 is 0 Å². The fourth-order valence-electron chi connectivity index (χ4n) is 4.15. The Morgan fingerprint density at radius 1 is 1.05 bits per heavy atom. The molecule has 0 radical (unpaired) electrons. The highest BCUT2D eigenvalue weighted by Gasteiger charge is 2.28. The molecule has 0 spiro atoms. The van der Waals surface area contributed by atoms with Crippen molar-refractivity contribution in [2.24, 2.45) is 11.7 Å². The zero-order valence-corrected chi connectivity index (χ0v) is 13.7. The van der Waals surface area contributed by atoms with Gasteiger partial charge in [0, 0.05) is 18.6 Å². The maximum Gasteiger partial charge on any atom is 0.0244 e. The van der Waals surface area contributed by atoms with Crippen LogP contribution in [0.4, 0.5) is 0 Å². The second-order valence-corrected chi connectivity index (χ2v) is 6.92. The van der Waals surface area contributed by atoms with Crippen LogP contribution in [0, 0.1) is 5.92 Å². The minimum absolute atomic E-state index is 0.375. The number of piperidine rings is 1. The highest BCUT2D eigenvalue weighted by Crippen LogP contribution is 2.24. The van der Waals surface area contributed by atoms with E-state index in [2.05, 4.69) is 23.6 Å². The molecule has 118 valence electrons. The lowest BCUT2D eigenvalue weighted by Gasteiger charge is -2.40. The first-order chi connectivity index (χ1) is 9.74. The zero-order valence-electron chi connectivity index (χ0n) is 13.7. The Kier molecular flexibility index (Phi) is 6.79. The van der Waals surface area contributed by atoms with Gasteiger partial charge in [-0.05, 0) is 70.6 Å². The maximum absolute atomic E-state index is 6.39. The third kappa shape index (κ3) is 4.44. The molecule has 2 fully saturated rings. The van der Waals surface area contributed by atoms with Crippen molar-refractivity contribution in [1.82, 2.24) is 9.80 Å². The van der Waals surface area contributed by atoms with E-state index in [0.717, 1.165) is 5.92 Å². The van der Waals surface area contributed by atoms with E-state index in [-0.39, 0.29) is 0 Å². The van der Waals surface area contributed by atoms with Crippen LogP contribution in [0.3, 0.4) is 0 Å². The molecule has 2 saturated heterocycles. The summed E-state index contributed by atoms with van der Waals surface area (Å²) in [6.45, 7) is 11.1. The SMILES string of the molecule is CCCC(N)C(CC)N1CCC(CN2CCCC2)CC1. The van der Waals surface area contributed by atoms with Crippen LogP contribution in [-0.2, 0) is 0 Å². The van der Waals surface area contributed by atoms with Gasteiger partial charge >= 0.3 is 0 Å². The molecule has 2 N–H and O–H groups in total. The first-order valence-electron chi connectivity index (χ1n) is 8.96. The number of hydrogen-bond donors (Lipinski definition) is 1. The molecular weight excluding hydrogens is 246 g/mol. The van der Waals surface area contributed by atoms with Crippen molar-refractivity contribution in [1.29, 1.82) is 0 Å². The number of likely N-dealkylation sites (tertiary alicyclic amines) is 2. The molecule has 0 aromatic carbocycles. The van der Waals surface area contributed by atoms with Gasteiger partial charge in [-0.15, -0.1) is 0 Å². The molecule has 3 heteroatoms. The van der Waals surface area contributed by atoms with Gasteiger partial charge < -0.3 is 10.6 Å². The van der Waals surface area contributed by atoms with Gasteiger partial charge in [0.15, 0.2) is 0 Å². The van der Waals surface area contributed by atoms with Crippen LogP contribution in [0.1, 0.15) is 58.8 Å². The Morgan fingerprint density at radius 2 is 1.70 bits per heavy atom. The minimum atomic E-state index is 0.375. The van der Waals surface area contributed by atoms with Crippen molar-refractivity contribution in [3.63, 3.8) is 0 Å². The van der Waals surface area contributed by atoms with Gasteiger partial charge in [0.05, 0.1) is 0 Å². The summed E-state index contributed by atoms with van der Waals surface area (Å²) in [5, 5.41) is 0. The van der Waals surface area contributed by atoms with Gasteiger partial charge in [-0.25, -0.2) is 0 Å². The smallest absolute Gasteiger partial charge is 0.0244 e. The van der Waals surface area contributed by atoms with Crippen molar-refractivity contribution in [3.05, 3.63) is 0 Å². The van der Waals surface area contributed by atoms with Crippen molar-refractivity contribution in [2.45, 2.75) is 70.9 Å². The summed E-state index contributed by atoms with van der Waals surface area (Å²) >= 11 is 0. The molecule has 0 aliphatic carbocycles. The van der Waals surface area contributed by atoms with Crippen LogP contribution in [0.25, 0.3) is 0 Å². The molecule has 2 rings (SSSR count). The topological polar surface area (TPSA) is 32.5 Å². The summed E-state index contributed by atoms with van der Waals surface area (Å²) < 4.78 is 0. The van der Waals surface area contributed by atoms with Crippen molar-refractivity contribution < 1.29 is 0 Å². The van der Waals surface area contributed by atoms with Crippen LogP contribution < -0.4 is 5.73 Å². The summed E-state index contributed by atoms with van der Waals surface area (Å²) in [7, 11) is 0. The third-order valence-corrected chi connectivity index (χ3v) is 5.37. The monoisotopic (exact) mass is 281 g/mol. The molecule has 0 aromatic rings. The molecule has 0 aromatic heterocycles. The number of rotatable bonds is 7. The third-order valence-electron chi connectivity index (χ3n) is 5.37. The van der Waals surface area contributed by atoms with Crippen LogP contribution in [-0.4, -0.2) is 54.6 Å². The molecule has 20 heavy (non-hydrogen) atoms. The van der Waals surface area contributed by atoms with Crippen LogP contribution in [0.5, 0.6) is 0 Å². The Balaban J connectivity index is 1.74. The van der Waals surface area contributed by atoms with E-state index in [4.69, 9.17) is 5.73 Å². The van der Waals surface area contributed by atoms with Crippen LogP contribution >= 0.6 is 0 Å². The summed E-state index contributed by atoms with van der Waals surface area (Å²) in [5.74, 6) is 0.934. The number of nitrogens with two attached hydrogens (primary N) is 1. The maximum atomic E-state index is 6.39. The van der Waals surface area contributed by atoms with Crippen molar-refractivity contribution >= 4 is 0 Å². The fraction of sp³-hybridized carbons (Fsp3) is 1.00. The summed E-state index contributed by atoms with van der Waals surface area (Å²) in [5.41, 5.74) is 6.39. The molecule has 2 aliphatic heterocycles. The first-order valence-corrected chi connectivity index (χ1v) is 8.96. The van der Waals surface area contributed by atoms with Gasteiger partial charge in [0.2, 0.25) is 0 Å². The van der Waals surface area contributed by atoms with Crippen LogP contribution in [0.2, 0.25) is 0 Å². The Morgan fingerprint density at radius 3 is 2.25 bits per heavy atom. The lowest BCUT2D eigenvalue weighted by atomic mass is 9.92. The molecular formula is C17H35N3. The minimum Gasteiger partial charge on any atom is -0.326 e.